The lowest BCUT2D eigenvalue weighted by Crippen LogP contribution is -2.30. The second kappa shape index (κ2) is 9.41. The van der Waals surface area contributed by atoms with Gasteiger partial charge in [-0.15, -0.1) is 11.8 Å². The zero-order valence-electron chi connectivity index (χ0n) is 14.6. The molecular formula is C18H21ClN2O3S2. The van der Waals surface area contributed by atoms with Crippen molar-refractivity contribution in [2.45, 2.75) is 23.6 Å². The molecule has 0 fully saturated rings. The van der Waals surface area contributed by atoms with Gasteiger partial charge in [-0.1, -0.05) is 43.6 Å². The van der Waals surface area contributed by atoms with Gasteiger partial charge in [0.2, 0.25) is 15.9 Å². The molecule has 0 radical (unpaired) electrons. The number of amides is 1. The minimum atomic E-state index is -3.70. The van der Waals surface area contributed by atoms with E-state index in [1.807, 2.05) is 30.3 Å². The van der Waals surface area contributed by atoms with Crippen LogP contribution in [0.15, 0.2) is 58.3 Å². The molecule has 0 saturated heterocycles. The highest BCUT2D eigenvalue weighted by atomic mass is 35.5. The number of nitrogens with one attached hydrogen (secondary N) is 1. The predicted molar refractivity (Wildman–Crippen MR) is 107 cm³/mol. The van der Waals surface area contributed by atoms with Gasteiger partial charge in [-0.3, -0.25) is 4.79 Å². The Kier molecular flexibility index (Phi) is 7.52. The van der Waals surface area contributed by atoms with Crippen LogP contribution in [0.1, 0.15) is 13.8 Å². The van der Waals surface area contributed by atoms with Gasteiger partial charge in [0.05, 0.1) is 10.8 Å². The molecule has 1 N–H and O–H groups in total. The fourth-order valence-electron chi connectivity index (χ4n) is 2.34. The molecule has 0 aliphatic rings. The van der Waals surface area contributed by atoms with E-state index in [4.69, 9.17) is 11.6 Å². The summed E-state index contributed by atoms with van der Waals surface area (Å²) in [5.74, 6) is 0.0115. The van der Waals surface area contributed by atoms with E-state index in [1.54, 1.807) is 19.9 Å². The van der Waals surface area contributed by atoms with Crippen LogP contribution in [-0.4, -0.2) is 37.5 Å². The van der Waals surface area contributed by atoms with Gasteiger partial charge in [-0.25, -0.2) is 8.42 Å². The third-order valence-corrected chi connectivity index (χ3v) is 7.19. The first kappa shape index (κ1) is 20.8. The smallest absolute Gasteiger partial charge is 0.244 e. The van der Waals surface area contributed by atoms with E-state index in [2.05, 4.69) is 5.32 Å². The van der Waals surface area contributed by atoms with Gasteiger partial charge < -0.3 is 5.32 Å². The Hall–Kier alpha value is -1.54. The summed E-state index contributed by atoms with van der Waals surface area (Å²) in [6.07, 6.45) is 0. The number of halogens is 1. The fourth-order valence-corrected chi connectivity index (χ4v) is 5.02. The Labute approximate surface area is 163 Å². The average Bonchev–Trinajstić information content (AvgIpc) is 2.63. The number of hydrogen-bond donors (Lipinski definition) is 1. The molecule has 2 aromatic carbocycles. The van der Waals surface area contributed by atoms with Crippen molar-refractivity contribution in [3.63, 3.8) is 0 Å². The third kappa shape index (κ3) is 5.23. The molecular weight excluding hydrogens is 392 g/mol. The van der Waals surface area contributed by atoms with Crippen molar-refractivity contribution in [3.05, 3.63) is 53.6 Å². The number of thioether (sulfide) groups is 1. The van der Waals surface area contributed by atoms with Crippen LogP contribution < -0.4 is 5.32 Å². The summed E-state index contributed by atoms with van der Waals surface area (Å²) < 4.78 is 26.7. The highest BCUT2D eigenvalue weighted by Gasteiger charge is 2.24. The average molecular weight is 413 g/mol. The Morgan fingerprint density at radius 1 is 1.12 bits per heavy atom. The zero-order valence-corrected chi connectivity index (χ0v) is 17.0. The van der Waals surface area contributed by atoms with Crippen LogP contribution in [-0.2, 0) is 14.8 Å². The van der Waals surface area contributed by atoms with Crippen LogP contribution in [0.2, 0.25) is 5.02 Å². The molecule has 0 heterocycles. The molecule has 5 nitrogen and oxygen atoms in total. The monoisotopic (exact) mass is 412 g/mol. The summed E-state index contributed by atoms with van der Waals surface area (Å²) in [5.41, 5.74) is 0.402. The van der Waals surface area contributed by atoms with Crippen LogP contribution in [0.25, 0.3) is 0 Å². The molecule has 0 spiro atoms. The lowest BCUT2D eigenvalue weighted by molar-refractivity contribution is -0.113. The molecule has 1 amide bonds. The van der Waals surface area contributed by atoms with E-state index in [0.717, 1.165) is 4.90 Å². The molecule has 2 aromatic rings. The van der Waals surface area contributed by atoms with Crippen molar-refractivity contribution in [2.75, 3.05) is 24.2 Å². The maximum absolute atomic E-state index is 12.7. The third-order valence-electron chi connectivity index (χ3n) is 3.65. The number of hydrogen-bond acceptors (Lipinski definition) is 4. The van der Waals surface area contributed by atoms with Crippen molar-refractivity contribution < 1.29 is 13.2 Å². The standard InChI is InChI=1S/C18H21ClN2O3S2/c1-3-21(4-2)26(23,24)17-12-14(10-11-16(17)19)20-18(22)13-25-15-8-6-5-7-9-15/h5-12H,3-4,13H2,1-2H3,(H,20,22). The van der Waals surface area contributed by atoms with Gasteiger partial charge in [0, 0.05) is 23.7 Å². The summed E-state index contributed by atoms with van der Waals surface area (Å²) in [4.78, 5) is 13.1. The minimum absolute atomic E-state index is 0.00335. The highest BCUT2D eigenvalue weighted by Crippen LogP contribution is 2.28. The predicted octanol–water partition coefficient (Wildman–Crippen LogP) is 4.10. The van der Waals surface area contributed by atoms with Crippen molar-refractivity contribution in [3.8, 4) is 0 Å². The number of anilines is 1. The van der Waals surface area contributed by atoms with Crippen LogP contribution in [0, 0.1) is 0 Å². The molecule has 8 heteroatoms. The van der Waals surface area contributed by atoms with Gasteiger partial charge in [0.15, 0.2) is 0 Å². The number of nitrogens with zero attached hydrogens (tertiary/aromatic N) is 1. The summed E-state index contributed by atoms with van der Waals surface area (Å²) >= 11 is 7.50. The van der Waals surface area contributed by atoms with Crippen molar-refractivity contribution >= 4 is 45.0 Å². The van der Waals surface area contributed by atoms with E-state index in [1.165, 1.54) is 28.2 Å². The van der Waals surface area contributed by atoms with Crippen molar-refractivity contribution in [1.29, 1.82) is 0 Å². The normalized spacial score (nSPS) is 11.5. The van der Waals surface area contributed by atoms with Crippen LogP contribution >= 0.6 is 23.4 Å². The molecule has 2 rings (SSSR count). The van der Waals surface area contributed by atoms with Gasteiger partial charge in [0.1, 0.15) is 4.90 Å². The number of benzene rings is 2. The summed E-state index contributed by atoms with van der Waals surface area (Å²) in [6, 6.07) is 14.1. The number of carbonyl (C=O) groups is 1. The molecule has 140 valence electrons. The maximum atomic E-state index is 12.7. The SMILES string of the molecule is CCN(CC)S(=O)(=O)c1cc(NC(=O)CSc2ccccc2)ccc1Cl. The Morgan fingerprint density at radius 3 is 2.38 bits per heavy atom. The zero-order chi connectivity index (χ0) is 19.2. The molecule has 0 unspecified atom stereocenters. The van der Waals surface area contributed by atoms with Gasteiger partial charge in [-0.2, -0.15) is 4.31 Å². The Morgan fingerprint density at radius 2 is 1.77 bits per heavy atom. The van der Waals surface area contributed by atoms with Gasteiger partial charge >= 0.3 is 0 Å². The first-order valence-corrected chi connectivity index (χ1v) is 11.0. The van der Waals surface area contributed by atoms with E-state index in [-0.39, 0.29) is 21.6 Å². The number of rotatable bonds is 8. The van der Waals surface area contributed by atoms with Gasteiger partial charge in [0.25, 0.3) is 0 Å². The number of carbonyl (C=O) groups excluding carboxylic acids is 1. The second-order valence-corrected chi connectivity index (χ2v) is 8.75. The number of sulfonamides is 1. The lowest BCUT2D eigenvalue weighted by Gasteiger charge is -2.19. The highest BCUT2D eigenvalue weighted by molar-refractivity contribution is 8.00. The Bertz CT molecular complexity index is 854. The van der Waals surface area contributed by atoms with Gasteiger partial charge in [-0.05, 0) is 30.3 Å². The minimum Gasteiger partial charge on any atom is -0.325 e. The quantitative estimate of drug-likeness (QED) is 0.663. The largest absolute Gasteiger partial charge is 0.325 e. The summed E-state index contributed by atoms with van der Waals surface area (Å²) in [6.45, 7) is 4.22. The van der Waals surface area contributed by atoms with Crippen LogP contribution in [0.3, 0.4) is 0 Å². The second-order valence-electron chi connectivity index (χ2n) is 5.38. The molecule has 0 aliphatic heterocycles. The molecule has 0 aromatic heterocycles. The van der Waals surface area contributed by atoms with Crippen LogP contribution in [0.4, 0.5) is 5.69 Å². The summed E-state index contributed by atoms with van der Waals surface area (Å²) in [5, 5.41) is 2.86. The summed E-state index contributed by atoms with van der Waals surface area (Å²) in [7, 11) is -3.70. The molecule has 0 aliphatic carbocycles. The van der Waals surface area contributed by atoms with E-state index in [0.29, 0.717) is 18.8 Å². The van der Waals surface area contributed by atoms with E-state index < -0.39 is 10.0 Å². The Balaban J connectivity index is 2.12. The molecule has 0 atom stereocenters. The topological polar surface area (TPSA) is 66.5 Å². The fraction of sp³-hybridized carbons (Fsp3) is 0.278. The molecule has 26 heavy (non-hydrogen) atoms. The first-order valence-electron chi connectivity index (χ1n) is 8.15. The molecule has 0 bridgehead atoms. The van der Waals surface area contributed by atoms with E-state index >= 15 is 0 Å². The van der Waals surface area contributed by atoms with E-state index in [9.17, 15) is 13.2 Å². The molecule has 0 saturated carbocycles. The first-order chi connectivity index (χ1) is 12.4. The lowest BCUT2D eigenvalue weighted by atomic mass is 10.3. The maximum Gasteiger partial charge on any atom is 0.244 e. The van der Waals surface area contributed by atoms with Crippen LogP contribution in [0.5, 0.6) is 0 Å². The van der Waals surface area contributed by atoms with Crippen molar-refractivity contribution in [1.82, 2.24) is 4.31 Å². The van der Waals surface area contributed by atoms with Crippen molar-refractivity contribution in [2.24, 2.45) is 0 Å².